The van der Waals surface area contributed by atoms with Crippen LogP contribution in [0.5, 0.6) is 0 Å². The first-order chi connectivity index (χ1) is 12.8. The van der Waals surface area contributed by atoms with Gasteiger partial charge in [-0.3, -0.25) is 4.79 Å². The van der Waals surface area contributed by atoms with Crippen molar-refractivity contribution in [3.63, 3.8) is 0 Å². The van der Waals surface area contributed by atoms with Gasteiger partial charge in [0.25, 0.3) is 0 Å². The Morgan fingerprint density at radius 3 is 2.48 bits per heavy atom. The molecule has 1 heterocycles. The number of carbonyl (C=O) groups is 1. The first kappa shape index (κ1) is 19.4. The van der Waals surface area contributed by atoms with E-state index in [9.17, 15) is 13.6 Å². The molecule has 3 rings (SSSR count). The SMILES string of the molecule is Cc1cc2cc(Cl)cc(-c3cc(F)c(C(C)CCCC(=O)O)c(F)c3)c2o1. The standard InChI is InChI=1S/C21H19ClF2O3/c1-11(4-3-5-19(25)26)20-17(23)8-13(9-18(20)24)16-10-15(22)7-14-6-12(2)27-21(14)16/h6-11H,3-5H2,1-2H3,(H,25,26). The van der Waals surface area contributed by atoms with Crippen LogP contribution in [-0.4, -0.2) is 11.1 Å². The molecule has 0 spiro atoms. The second-order valence-corrected chi connectivity index (χ2v) is 7.21. The summed E-state index contributed by atoms with van der Waals surface area (Å²) < 4.78 is 35.1. The number of hydrogen-bond acceptors (Lipinski definition) is 2. The number of fused-ring (bicyclic) bond motifs is 1. The van der Waals surface area contributed by atoms with E-state index in [4.69, 9.17) is 21.1 Å². The van der Waals surface area contributed by atoms with E-state index in [0.717, 1.165) is 5.39 Å². The van der Waals surface area contributed by atoms with Crippen LogP contribution in [0.2, 0.25) is 5.02 Å². The van der Waals surface area contributed by atoms with Gasteiger partial charge in [-0.25, -0.2) is 8.78 Å². The van der Waals surface area contributed by atoms with E-state index < -0.39 is 23.5 Å². The monoisotopic (exact) mass is 392 g/mol. The molecule has 27 heavy (non-hydrogen) atoms. The first-order valence-corrected chi connectivity index (χ1v) is 9.05. The Morgan fingerprint density at radius 1 is 1.19 bits per heavy atom. The average molecular weight is 393 g/mol. The molecule has 0 amide bonds. The van der Waals surface area contributed by atoms with Crippen LogP contribution in [0.25, 0.3) is 22.1 Å². The zero-order chi connectivity index (χ0) is 19.7. The third-order valence-corrected chi connectivity index (χ3v) is 4.83. The van der Waals surface area contributed by atoms with Crippen molar-refractivity contribution in [3.05, 3.63) is 58.3 Å². The van der Waals surface area contributed by atoms with Gasteiger partial charge in [0.2, 0.25) is 0 Å². The summed E-state index contributed by atoms with van der Waals surface area (Å²) in [6.45, 7) is 3.48. The Kier molecular flexibility index (Phi) is 5.51. The lowest BCUT2D eigenvalue weighted by molar-refractivity contribution is -0.137. The lowest BCUT2D eigenvalue weighted by atomic mass is 9.92. The van der Waals surface area contributed by atoms with Crippen LogP contribution in [0.1, 0.15) is 43.4 Å². The second kappa shape index (κ2) is 7.69. The number of hydrogen-bond donors (Lipinski definition) is 1. The third kappa shape index (κ3) is 4.14. The van der Waals surface area contributed by atoms with Crippen molar-refractivity contribution < 1.29 is 23.1 Å². The Labute approximate surface area is 160 Å². The molecule has 1 N–H and O–H groups in total. The zero-order valence-corrected chi connectivity index (χ0v) is 15.7. The summed E-state index contributed by atoms with van der Waals surface area (Å²) in [5.41, 5.74) is 1.36. The molecule has 142 valence electrons. The number of halogens is 3. The van der Waals surface area contributed by atoms with Gasteiger partial charge in [0.05, 0.1) is 0 Å². The van der Waals surface area contributed by atoms with Crippen molar-refractivity contribution in [2.24, 2.45) is 0 Å². The number of aryl methyl sites for hydroxylation is 1. The van der Waals surface area contributed by atoms with Crippen LogP contribution in [0.15, 0.2) is 34.7 Å². The van der Waals surface area contributed by atoms with Crippen molar-refractivity contribution in [3.8, 4) is 11.1 Å². The topological polar surface area (TPSA) is 50.4 Å². The zero-order valence-electron chi connectivity index (χ0n) is 15.0. The number of benzene rings is 2. The minimum atomic E-state index is -0.919. The Hall–Kier alpha value is -2.40. The molecule has 1 unspecified atom stereocenters. The summed E-state index contributed by atoms with van der Waals surface area (Å²) in [5.74, 6) is -1.99. The smallest absolute Gasteiger partial charge is 0.303 e. The minimum absolute atomic E-state index is 0.0238. The quantitative estimate of drug-likeness (QED) is 0.507. The molecule has 1 atom stereocenters. The van der Waals surface area contributed by atoms with Gasteiger partial charge in [0.15, 0.2) is 0 Å². The molecule has 0 aliphatic rings. The predicted octanol–water partition coefficient (Wildman–Crippen LogP) is 6.70. The van der Waals surface area contributed by atoms with Crippen molar-refractivity contribution in [2.45, 2.75) is 39.0 Å². The summed E-state index contributed by atoms with van der Waals surface area (Å²) in [7, 11) is 0. The minimum Gasteiger partial charge on any atom is -0.481 e. The van der Waals surface area contributed by atoms with E-state index >= 15 is 0 Å². The molecular formula is C21H19ClF2O3. The Balaban J connectivity index is 1.99. The van der Waals surface area contributed by atoms with E-state index in [1.165, 1.54) is 12.1 Å². The lowest BCUT2D eigenvalue weighted by Crippen LogP contribution is -2.04. The van der Waals surface area contributed by atoms with Gasteiger partial charge in [-0.2, -0.15) is 0 Å². The van der Waals surface area contributed by atoms with Gasteiger partial charge in [-0.15, -0.1) is 0 Å². The molecule has 0 fully saturated rings. The number of furan rings is 1. The Bertz CT molecular complexity index is 987. The van der Waals surface area contributed by atoms with E-state index in [1.54, 1.807) is 26.0 Å². The molecule has 0 saturated carbocycles. The van der Waals surface area contributed by atoms with E-state index in [2.05, 4.69) is 0 Å². The fourth-order valence-corrected chi connectivity index (χ4v) is 3.60. The maximum atomic E-state index is 14.7. The number of carboxylic acids is 1. The van der Waals surface area contributed by atoms with Crippen LogP contribution in [0.3, 0.4) is 0 Å². The van der Waals surface area contributed by atoms with Crippen molar-refractivity contribution in [1.29, 1.82) is 0 Å². The van der Waals surface area contributed by atoms with Crippen LogP contribution in [-0.2, 0) is 4.79 Å². The van der Waals surface area contributed by atoms with Crippen LogP contribution in [0.4, 0.5) is 8.78 Å². The van der Waals surface area contributed by atoms with Crippen molar-refractivity contribution in [1.82, 2.24) is 0 Å². The largest absolute Gasteiger partial charge is 0.481 e. The van der Waals surface area contributed by atoms with Gasteiger partial charge in [0, 0.05) is 28.0 Å². The van der Waals surface area contributed by atoms with Gasteiger partial charge >= 0.3 is 5.97 Å². The summed E-state index contributed by atoms with van der Waals surface area (Å²) in [6, 6.07) is 7.72. The maximum Gasteiger partial charge on any atom is 0.303 e. The molecule has 1 aromatic heterocycles. The summed E-state index contributed by atoms with van der Waals surface area (Å²) in [5, 5.41) is 9.93. The average Bonchev–Trinajstić information content (AvgIpc) is 2.92. The molecule has 0 bridgehead atoms. The fourth-order valence-electron chi connectivity index (χ4n) is 3.37. The second-order valence-electron chi connectivity index (χ2n) is 6.77. The van der Waals surface area contributed by atoms with Crippen LogP contribution < -0.4 is 0 Å². The lowest BCUT2D eigenvalue weighted by Gasteiger charge is -2.15. The summed E-state index contributed by atoms with van der Waals surface area (Å²) in [4.78, 5) is 10.6. The molecule has 2 aromatic carbocycles. The molecular weight excluding hydrogens is 374 g/mol. The number of carboxylic acid groups (broad SMARTS) is 1. The van der Waals surface area contributed by atoms with E-state index in [-0.39, 0.29) is 12.0 Å². The summed E-state index contributed by atoms with van der Waals surface area (Å²) in [6.07, 6.45) is 0.722. The molecule has 0 aliphatic carbocycles. The third-order valence-electron chi connectivity index (χ3n) is 4.61. The predicted molar refractivity (Wildman–Crippen MR) is 101 cm³/mol. The van der Waals surface area contributed by atoms with Crippen molar-refractivity contribution in [2.75, 3.05) is 0 Å². The first-order valence-electron chi connectivity index (χ1n) is 8.67. The maximum absolute atomic E-state index is 14.7. The van der Waals surface area contributed by atoms with Gasteiger partial charge < -0.3 is 9.52 Å². The van der Waals surface area contributed by atoms with Crippen LogP contribution in [0, 0.1) is 18.6 Å². The van der Waals surface area contributed by atoms with Crippen molar-refractivity contribution >= 4 is 28.5 Å². The highest BCUT2D eigenvalue weighted by Crippen LogP contribution is 2.37. The molecule has 0 saturated heterocycles. The molecule has 0 radical (unpaired) electrons. The highest BCUT2D eigenvalue weighted by molar-refractivity contribution is 6.31. The van der Waals surface area contributed by atoms with Gasteiger partial charge in [0.1, 0.15) is 23.0 Å². The summed E-state index contributed by atoms with van der Waals surface area (Å²) >= 11 is 6.15. The van der Waals surface area contributed by atoms with Gasteiger partial charge in [-0.05, 0) is 61.6 Å². The Morgan fingerprint density at radius 2 is 1.85 bits per heavy atom. The molecule has 3 aromatic rings. The fraction of sp³-hybridized carbons (Fsp3) is 0.286. The highest BCUT2D eigenvalue weighted by atomic mass is 35.5. The highest BCUT2D eigenvalue weighted by Gasteiger charge is 2.20. The number of rotatable bonds is 6. The normalized spacial score (nSPS) is 12.5. The molecule has 6 heteroatoms. The number of aliphatic carboxylic acids is 1. The molecule has 3 nitrogen and oxygen atoms in total. The van der Waals surface area contributed by atoms with Crippen LogP contribution >= 0.6 is 11.6 Å². The van der Waals surface area contributed by atoms with E-state index in [0.29, 0.717) is 40.3 Å². The van der Waals surface area contributed by atoms with Gasteiger partial charge in [-0.1, -0.05) is 18.5 Å². The van der Waals surface area contributed by atoms with E-state index in [1.807, 2.05) is 6.07 Å². The molecule has 0 aliphatic heterocycles.